The molecule has 2 heterocycles. The van der Waals surface area contributed by atoms with Gasteiger partial charge in [-0.2, -0.15) is 4.98 Å². The zero-order chi connectivity index (χ0) is 21.6. The molecule has 0 aliphatic rings. The number of benzene rings is 2. The maximum Gasteiger partial charge on any atom is 0.235 e. The van der Waals surface area contributed by atoms with Gasteiger partial charge in [0.2, 0.25) is 11.6 Å². The third kappa shape index (κ3) is 4.62. The second-order valence-corrected chi connectivity index (χ2v) is 7.50. The van der Waals surface area contributed by atoms with E-state index in [9.17, 15) is 0 Å². The molecule has 0 saturated heterocycles. The molecular formula is C24H22N2O4S. The highest BCUT2D eigenvalue weighted by atomic mass is 32.1. The predicted molar refractivity (Wildman–Crippen MR) is 123 cm³/mol. The number of ether oxygens (including phenoxy) is 4. The number of methoxy groups -OCH3 is 3. The van der Waals surface area contributed by atoms with Crippen molar-refractivity contribution in [2.24, 2.45) is 0 Å². The Bertz CT molecular complexity index is 1180. The third-order valence-corrected chi connectivity index (χ3v) is 5.51. The van der Waals surface area contributed by atoms with Crippen molar-refractivity contribution < 1.29 is 18.9 Å². The first-order valence-corrected chi connectivity index (χ1v) is 10.5. The average molecular weight is 435 g/mol. The molecule has 7 heteroatoms. The average Bonchev–Trinajstić information content (AvgIpc) is 3.30. The molecule has 158 valence electrons. The summed E-state index contributed by atoms with van der Waals surface area (Å²) >= 11 is 1.57. The second kappa shape index (κ2) is 9.49. The summed E-state index contributed by atoms with van der Waals surface area (Å²) in [4.78, 5) is 9.26. The maximum atomic E-state index is 6.03. The lowest BCUT2D eigenvalue weighted by atomic mass is 10.1. The molecule has 0 unspecified atom stereocenters. The Morgan fingerprint density at radius 1 is 0.871 bits per heavy atom. The predicted octanol–water partition coefficient (Wildman–Crippen LogP) is 5.47. The van der Waals surface area contributed by atoms with E-state index in [0.717, 1.165) is 21.3 Å². The first-order chi connectivity index (χ1) is 15.2. The van der Waals surface area contributed by atoms with Crippen LogP contribution in [-0.4, -0.2) is 31.3 Å². The van der Waals surface area contributed by atoms with Crippen LogP contribution in [0.3, 0.4) is 0 Å². The summed E-state index contributed by atoms with van der Waals surface area (Å²) in [5, 5.41) is 1.99. The topological polar surface area (TPSA) is 62.7 Å². The van der Waals surface area contributed by atoms with Crippen LogP contribution in [0, 0.1) is 0 Å². The van der Waals surface area contributed by atoms with Crippen molar-refractivity contribution in [3.05, 3.63) is 70.9 Å². The van der Waals surface area contributed by atoms with Crippen LogP contribution in [-0.2, 0) is 6.61 Å². The molecule has 0 amide bonds. The standard InChI is InChI=1S/C24H22N2O4S/c1-27-19-13-17(14-20(28-2)22(19)29-3)9-10-21-25-18-11-12-31-23(18)24(26-21)30-15-16-7-5-4-6-8-16/h4-14H,15H2,1-3H3/b10-9+. The van der Waals surface area contributed by atoms with Gasteiger partial charge in [-0.15, -0.1) is 11.3 Å². The monoisotopic (exact) mass is 434 g/mol. The number of fused-ring (bicyclic) bond motifs is 1. The molecule has 0 bridgehead atoms. The molecule has 2 aromatic heterocycles. The molecule has 2 aromatic carbocycles. The lowest BCUT2D eigenvalue weighted by molar-refractivity contribution is 0.298. The Morgan fingerprint density at radius 2 is 1.61 bits per heavy atom. The van der Waals surface area contributed by atoms with Gasteiger partial charge in [0, 0.05) is 0 Å². The zero-order valence-corrected chi connectivity index (χ0v) is 18.3. The number of nitrogens with zero attached hydrogens (tertiary/aromatic N) is 2. The summed E-state index contributed by atoms with van der Waals surface area (Å²) in [6.45, 7) is 0.445. The molecule has 0 aliphatic heterocycles. The van der Waals surface area contributed by atoms with Crippen molar-refractivity contribution >= 4 is 33.7 Å². The number of thiophene rings is 1. The minimum absolute atomic E-state index is 0.445. The lowest BCUT2D eigenvalue weighted by Gasteiger charge is -2.12. The highest BCUT2D eigenvalue weighted by Crippen LogP contribution is 2.38. The Kier molecular flexibility index (Phi) is 6.33. The normalized spacial score (nSPS) is 11.1. The van der Waals surface area contributed by atoms with E-state index < -0.39 is 0 Å². The number of aromatic nitrogens is 2. The van der Waals surface area contributed by atoms with E-state index >= 15 is 0 Å². The molecule has 0 radical (unpaired) electrons. The molecule has 6 nitrogen and oxygen atoms in total. The van der Waals surface area contributed by atoms with E-state index in [-0.39, 0.29) is 0 Å². The quantitative estimate of drug-likeness (QED) is 0.367. The van der Waals surface area contributed by atoms with Crippen molar-refractivity contribution in [1.82, 2.24) is 9.97 Å². The lowest BCUT2D eigenvalue weighted by Crippen LogP contribution is -1.99. The van der Waals surface area contributed by atoms with Crippen LogP contribution in [0.25, 0.3) is 22.4 Å². The molecular weight excluding hydrogens is 412 g/mol. The van der Waals surface area contributed by atoms with Gasteiger partial charge >= 0.3 is 0 Å². The van der Waals surface area contributed by atoms with Crippen LogP contribution in [0.15, 0.2) is 53.9 Å². The third-order valence-electron chi connectivity index (χ3n) is 4.62. The molecule has 0 N–H and O–H groups in total. The molecule has 0 saturated carbocycles. The summed E-state index contributed by atoms with van der Waals surface area (Å²) in [5.41, 5.74) is 2.81. The van der Waals surface area contributed by atoms with Crippen LogP contribution in [0.2, 0.25) is 0 Å². The van der Waals surface area contributed by atoms with Gasteiger partial charge in [0.25, 0.3) is 0 Å². The van der Waals surface area contributed by atoms with Crippen molar-refractivity contribution in [3.8, 4) is 23.1 Å². The van der Waals surface area contributed by atoms with Crippen LogP contribution in [0.5, 0.6) is 23.1 Å². The van der Waals surface area contributed by atoms with Gasteiger partial charge in [0.15, 0.2) is 17.3 Å². The van der Waals surface area contributed by atoms with Crippen molar-refractivity contribution in [1.29, 1.82) is 0 Å². The van der Waals surface area contributed by atoms with Gasteiger partial charge in [-0.25, -0.2) is 4.98 Å². The van der Waals surface area contributed by atoms with Gasteiger partial charge < -0.3 is 18.9 Å². The summed E-state index contributed by atoms with van der Waals surface area (Å²) in [6.07, 6.45) is 3.74. The Balaban J connectivity index is 1.63. The fourth-order valence-corrected chi connectivity index (χ4v) is 3.89. The summed E-state index contributed by atoms with van der Waals surface area (Å²) in [6, 6.07) is 15.7. The van der Waals surface area contributed by atoms with E-state index in [4.69, 9.17) is 18.9 Å². The molecule has 0 fully saturated rings. The highest BCUT2D eigenvalue weighted by molar-refractivity contribution is 7.17. The van der Waals surface area contributed by atoms with Crippen molar-refractivity contribution in [2.75, 3.05) is 21.3 Å². The Hall–Kier alpha value is -3.58. The van der Waals surface area contributed by atoms with E-state index in [1.54, 1.807) is 32.7 Å². The van der Waals surface area contributed by atoms with Crippen LogP contribution >= 0.6 is 11.3 Å². The summed E-state index contributed by atoms with van der Waals surface area (Å²) < 4.78 is 23.2. The number of rotatable bonds is 8. The van der Waals surface area contributed by atoms with Gasteiger partial charge in [-0.1, -0.05) is 36.4 Å². The molecule has 4 aromatic rings. The van der Waals surface area contributed by atoms with Crippen LogP contribution in [0.1, 0.15) is 17.0 Å². The highest BCUT2D eigenvalue weighted by Gasteiger charge is 2.13. The summed E-state index contributed by atoms with van der Waals surface area (Å²) in [7, 11) is 4.76. The summed E-state index contributed by atoms with van der Waals surface area (Å²) in [5.74, 6) is 2.86. The molecule has 0 atom stereocenters. The van der Waals surface area contributed by atoms with E-state index in [0.29, 0.717) is 35.6 Å². The fraction of sp³-hybridized carbons (Fsp3) is 0.167. The first-order valence-electron chi connectivity index (χ1n) is 9.62. The second-order valence-electron chi connectivity index (χ2n) is 6.59. The smallest absolute Gasteiger partial charge is 0.235 e. The molecule has 31 heavy (non-hydrogen) atoms. The van der Waals surface area contributed by atoms with Gasteiger partial charge in [0.1, 0.15) is 11.3 Å². The van der Waals surface area contributed by atoms with Crippen LogP contribution < -0.4 is 18.9 Å². The first kappa shape index (κ1) is 20.7. The Morgan fingerprint density at radius 3 is 2.29 bits per heavy atom. The zero-order valence-electron chi connectivity index (χ0n) is 17.5. The van der Waals surface area contributed by atoms with Crippen molar-refractivity contribution in [2.45, 2.75) is 6.61 Å². The van der Waals surface area contributed by atoms with E-state index in [1.807, 2.05) is 66.1 Å². The molecule has 0 aliphatic carbocycles. The van der Waals surface area contributed by atoms with Gasteiger partial charge in [-0.3, -0.25) is 0 Å². The van der Waals surface area contributed by atoms with Gasteiger partial charge in [-0.05, 0) is 40.8 Å². The maximum absolute atomic E-state index is 6.03. The minimum Gasteiger partial charge on any atom is -0.493 e. The van der Waals surface area contributed by atoms with E-state index in [1.165, 1.54) is 0 Å². The molecule has 0 spiro atoms. The van der Waals surface area contributed by atoms with Crippen LogP contribution in [0.4, 0.5) is 0 Å². The van der Waals surface area contributed by atoms with E-state index in [2.05, 4.69) is 9.97 Å². The van der Waals surface area contributed by atoms with Gasteiger partial charge in [0.05, 0.1) is 26.8 Å². The Labute approximate surface area is 184 Å². The number of hydrogen-bond donors (Lipinski definition) is 0. The SMILES string of the molecule is COc1cc(/C=C/c2nc(OCc3ccccc3)c3sccc3n2)cc(OC)c1OC. The largest absolute Gasteiger partial charge is 0.493 e. The molecule has 4 rings (SSSR count). The van der Waals surface area contributed by atoms with Crippen molar-refractivity contribution in [3.63, 3.8) is 0 Å². The fourth-order valence-electron chi connectivity index (χ4n) is 3.12. The minimum atomic E-state index is 0.445. The number of hydrogen-bond acceptors (Lipinski definition) is 7.